The van der Waals surface area contributed by atoms with Crippen LogP contribution in [0.5, 0.6) is 5.75 Å². The summed E-state index contributed by atoms with van der Waals surface area (Å²) in [7, 11) is 0. The molecular weight excluding hydrogens is 404 g/mol. The molecule has 4 rings (SSSR count). The van der Waals surface area contributed by atoms with Crippen LogP contribution in [-0.4, -0.2) is 37.2 Å². The number of amides is 2. The number of carbonyl (C=O) groups excluding carboxylic acids is 2. The fourth-order valence-electron chi connectivity index (χ4n) is 3.88. The van der Waals surface area contributed by atoms with E-state index >= 15 is 0 Å². The standard InChI is InChI=1S/C26H28N2O4/c1-2-23(32-24-15-7-10-18-9-3-4-12-20(18)24)26(30)28-22-14-6-5-13-21(22)25(29)27-17-19-11-8-16-31-19/h3-7,9-10,12-15,19,23H,2,8,11,16-17H2,1H3,(H,27,29)(H,28,30)/t19-,23-/m1/s1. The predicted octanol–water partition coefficient (Wildman–Crippen LogP) is 4.54. The summed E-state index contributed by atoms with van der Waals surface area (Å²) in [4.78, 5) is 25.8. The molecule has 3 aromatic rings. The van der Waals surface area contributed by atoms with Gasteiger partial charge in [-0.3, -0.25) is 9.59 Å². The fraction of sp³-hybridized carbons (Fsp3) is 0.308. The Bertz CT molecular complexity index is 1090. The molecular formula is C26H28N2O4. The third-order valence-electron chi connectivity index (χ3n) is 5.63. The first kappa shape index (κ1) is 21.8. The number of anilines is 1. The second-order valence-corrected chi connectivity index (χ2v) is 7.87. The SMILES string of the molecule is CC[C@@H](Oc1cccc2ccccc12)C(=O)Nc1ccccc1C(=O)NC[C@H]1CCCO1. The van der Waals surface area contributed by atoms with E-state index in [4.69, 9.17) is 9.47 Å². The highest BCUT2D eigenvalue weighted by Gasteiger charge is 2.22. The Labute approximate surface area is 187 Å². The Hall–Kier alpha value is -3.38. The van der Waals surface area contributed by atoms with Crippen LogP contribution >= 0.6 is 0 Å². The van der Waals surface area contributed by atoms with Crippen LogP contribution in [0.2, 0.25) is 0 Å². The van der Waals surface area contributed by atoms with Gasteiger partial charge in [-0.2, -0.15) is 0 Å². The van der Waals surface area contributed by atoms with Crippen molar-refractivity contribution in [2.45, 2.75) is 38.4 Å². The molecule has 6 heteroatoms. The van der Waals surface area contributed by atoms with Crippen molar-refractivity contribution >= 4 is 28.3 Å². The Morgan fingerprint density at radius 3 is 2.66 bits per heavy atom. The molecule has 32 heavy (non-hydrogen) atoms. The number of para-hydroxylation sites is 1. The van der Waals surface area contributed by atoms with Gasteiger partial charge in [0.05, 0.1) is 17.4 Å². The van der Waals surface area contributed by atoms with Gasteiger partial charge in [-0.1, -0.05) is 55.5 Å². The number of ether oxygens (including phenoxy) is 2. The lowest BCUT2D eigenvalue weighted by atomic mass is 10.1. The lowest BCUT2D eigenvalue weighted by Gasteiger charge is -2.19. The van der Waals surface area contributed by atoms with Crippen molar-refractivity contribution in [3.8, 4) is 5.75 Å². The molecule has 0 aromatic heterocycles. The summed E-state index contributed by atoms with van der Waals surface area (Å²) in [5.41, 5.74) is 0.876. The maximum absolute atomic E-state index is 13.0. The lowest BCUT2D eigenvalue weighted by molar-refractivity contribution is -0.122. The number of hydrogen-bond donors (Lipinski definition) is 2. The maximum Gasteiger partial charge on any atom is 0.265 e. The molecule has 1 fully saturated rings. The van der Waals surface area contributed by atoms with Gasteiger partial charge in [0.1, 0.15) is 5.75 Å². The van der Waals surface area contributed by atoms with Crippen LogP contribution < -0.4 is 15.4 Å². The zero-order valence-corrected chi connectivity index (χ0v) is 18.2. The van der Waals surface area contributed by atoms with Gasteiger partial charge in [-0.05, 0) is 42.8 Å². The van der Waals surface area contributed by atoms with Gasteiger partial charge in [0.2, 0.25) is 0 Å². The second-order valence-electron chi connectivity index (χ2n) is 7.87. The smallest absolute Gasteiger partial charge is 0.265 e. The van der Waals surface area contributed by atoms with Gasteiger partial charge < -0.3 is 20.1 Å². The zero-order valence-electron chi connectivity index (χ0n) is 18.2. The zero-order chi connectivity index (χ0) is 22.3. The van der Waals surface area contributed by atoms with Crippen molar-refractivity contribution in [1.82, 2.24) is 5.32 Å². The molecule has 0 unspecified atom stereocenters. The highest BCUT2D eigenvalue weighted by Crippen LogP contribution is 2.27. The quantitative estimate of drug-likeness (QED) is 0.548. The van der Waals surface area contributed by atoms with E-state index in [1.807, 2.05) is 49.4 Å². The van der Waals surface area contributed by atoms with Crippen LogP contribution in [0.15, 0.2) is 66.7 Å². The molecule has 1 aliphatic heterocycles. The Kier molecular flexibility index (Phi) is 7.02. The lowest BCUT2D eigenvalue weighted by Crippen LogP contribution is -2.35. The van der Waals surface area contributed by atoms with E-state index in [0.29, 0.717) is 30.0 Å². The summed E-state index contributed by atoms with van der Waals surface area (Å²) < 4.78 is 11.7. The van der Waals surface area contributed by atoms with Gasteiger partial charge in [0.15, 0.2) is 6.10 Å². The molecule has 1 heterocycles. The first-order valence-corrected chi connectivity index (χ1v) is 11.1. The number of hydrogen-bond acceptors (Lipinski definition) is 4. The molecule has 0 radical (unpaired) electrons. The molecule has 2 N–H and O–H groups in total. The molecule has 1 aliphatic rings. The Morgan fingerprint density at radius 1 is 1.06 bits per heavy atom. The highest BCUT2D eigenvalue weighted by molar-refractivity contribution is 6.04. The van der Waals surface area contributed by atoms with Gasteiger partial charge >= 0.3 is 0 Å². The molecule has 2 atom stereocenters. The monoisotopic (exact) mass is 432 g/mol. The molecule has 0 aliphatic carbocycles. The average molecular weight is 433 g/mol. The molecule has 2 amide bonds. The third kappa shape index (κ3) is 5.08. The Balaban J connectivity index is 1.45. The minimum Gasteiger partial charge on any atom is -0.480 e. The van der Waals surface area contributed by atoms with Crippen molar-refractivity contribution in [2.24, 2.45) is 0 Å². The third-order valence-corrected chi connectivity index (χ3v) is 5.63. The van der Waals surface area contributed by atoms with Crippen molar-refractivity contribution < 1.29 is 19.1 Å². The number of carbonyl (C=O) groups is 2. The van der Waals surface area contributed by atoms with E-state index in [9.17, 15) is 9.59 Å². The summed E-state index contributed by atoms with van der Waals surface area (Å²) in [6.45, 7) is 3.10. The van der Waals surface area contributed by atoms with Crippen molar-refractivity contribution in [1.29, 1.82) is 0 Å². The van der Waals surface area contributed by atoms with E-state index in [1.165, 1.54) is 0 Å². The molecule has 0 spiro atoms. The topological polar surface area (TPSA) is 76.7 Å². The van der Waals surface area contributed by atoms with Crippen LogP contribution in [0.1, 0.15) is 36.5 Å². The number of fused-ring (bicyclic) bond motifs is 1. The minimum atomic E-state index is -0.691. The number of rotatable bonds is 8. The summed E-state index contributed by atoms with van der Waals surface area (Å²) in [6, 6.07) is 20.7. The molecule has 1 saturated heterocycles. The molecule has 166 valence electrons. The minimum absolute atomic E-state index is 0.0549. The number of benzene rings is 3. The summed E-state index contributed by atoms with van der Waals surface area (Å²) in [5.74, 6) is 0.131. The predicted molar refractivity (Wildman–Crippen MR) is 125 cm³/mol. The first-order chi connectivity index (χ1) is 15.7. The normalized spacial score (nSPS) is 16.5. The van der Waals surface area contributed by atoms with Crippen LogP contribution in [0, 0.1) is 0 Å². The summed E-state index contributed by atoms with van der Waals surface area (Å²) in [5, 5.41) is 7.80. The van der Waals surface area contributed by atoms with E-state index in [1.54, 1.807) is 24.3 Å². The highest BCUT2D eigenvalue weighted by atomic mass is 16.5. The van der Waals surface area contributed by atoms with Gasteiger partial charge in [-0.15, -0.1) is 0 Å². The fourth-order valence-corrected chi connectivity index (χ4v) is 3.88. The first-order valence-electron chi connectivity index (χ1n) is 11.1. The van der Waals surface area contributed by atoms with Crippen LogP contribution in [0.25, 0.3) is 10.8 Å². The van der Waals surface area contributed by atoms with Crippen LogP contribution in [0.3, 0.4) is 0 Å². The van der Waals surface area contributed by atoms with E-state index in [-0.39, 0.29) is 17.9 Å². The van der Waals surface area contributed by atoms with Crippen molar-refractivity contribution in [3.63, 3.8) is 0 Å². The van der Waals surface area contributed by atoms with Crippen LogP contribution in [0.4, 0.5) is 5.69 Å². The van der Waals surface area contributed by atoms with Crippen LogP contribution in [-0.2, 0) is 9.53 Å². The van der Waals surface area contributed by atoms with Gasteiger partial charge in [0.25, 0.3) is 11.8 Å². The molecule has 3 aromatic carbocycles. The van der Waals surface area contributed by atoms with Gasteiger partial charge in [-0.25, -0.2) is 0 Å². The maximum atomic E-state index is 13.0. The molecule has 0 bridgehead atoms. The van der Waals surface area contributed by atoms with E-state index < -0.39 is 6.10 Å². The summed E-state index contributed by atoms with van der Waals surface area (Å²) in [6.07, 6.45) is 1.82. The average Bonchev–Trinajstić information content (AvgIpc) is 3.35. The van der Waals surface area contributed by atoms with Crippen molar-refractivity contribution in [2.75, 3.05) is 18.5 Å². The second kappa shape index (κ2) is 10.3. The van der Waals surface area contributed by atoms with Crippen molar-refractivity contribution in [3.05, 3.63) is 72.3 Å². The van der Waals surface area contributed by atoms with E-state index in [2.05, 4.69) is 10.6 Å². The Morgan fingerprint density at radius 2 is 1.84 bits per heavy atom. The molecule has 0 saturated carbocycles. The number of nitrogens with one attached hydrogen (secondary N) is 2. The van der Waals surface area contributed by atoms with Gasteiger partial charge in [0, 0.05) is 18.5 Å². The largest absolute Gasteiger partial charge is 0.480 e. The summed E-state index contributed by atoms with van der Waals surface area (Å²) >= 11 is 0. The van der Waals surface area contributed by atoms with E-state index in [0.717, 1.165) is 30.2 Å². The molecule has 6 nitrogen and oxygen atoms in total.